The number of nitro benzene ring substituents is 2. The molecule has 0 bridgehead atoms. The molecule has 0 N–H and O–H groups in total. The number of para-hydroxylation sites is 1. The van der Waals surface area contributed by atoms with Crippen molar-refractivity contribution in [2.45, 2.75) is 40.2 Å². The molecule has 0 saturated heterocycles. The highest BCUT2D eigenvalue weighted by Crippen LogP contribution is 2.39. The summed E-state index contributed by atoms with van der Waals surface area (Å²) in [6, 6.07) is 19.2. The summed E-state index contributed by atoms with van der Waals surface area (Å²) in [7, 11) is 1.34. The highest BCUT2D eigenvalue weighted by Gasteiger charge is 2.23. The molecule has 13 nitrogen and oxygen atoms in total. The van der Waals surface area contributed by atoms with Crippen LogP contribution in [0.15, 0.2) is 82.7 Å². The van der Waals surface area contributed by atoms with Crippen LogP contribution in [0.25, 0.3) is 22.3 Å². The van der Waals surface area contributed by atoms with Crippen LogP contribution in [0, 0.1) is 27.2 Å². The monoisotopic (exact) mass is 651 g/mol. The van der Waals surface area contributed by atoms with Crippen molar-refractivity contribution in [2.75, 3.05) is 13.7 Å². The van der Waals surface area contributed by atoms with Crippen molar-refractivity contribution in [3.05, 3.63) is 126 Å². The lowest BCUT2D eigenvalue weighted by atomic mass is 9.96. The van der Waals surface area contributed by atoms with Gasteiger partial charge in [0.2, 0.25) is 5.75 Å². The lowest BCUT2D eigenvalue weighted by molar-refractivity contribution is -0.386. The van der Waals surface area contributed by atoms with Gasteiger partial charge in [-0.2, -0.15) is 9.78 Å². The molecule has 0 aliphatic rings. The third-order valence-electron chi connectivity index (χ3n) is 7.60. The SMILES string of the molecule is CCOc1cc(C)c(-c2nc3ccccc3c(=O)n2N=Cc2cc(OC)c(OCc3ccc([N+](=O)[O-])cc3)c([N+](=O)[O-])c2)cc1C(C)C. The van der Waals surface area contributed by atoms with Crippen LogP contribution in [0.5, 0.6) is 17.2 Å². The lowest BCUT2D eigenvalue weighted by Crippen LogP contribution is -2.21. The van der Waals surface area contributed by atoms with Gasteiger partial charge < -0.3 is 14.2 Å². The molecule has 0 spiro atoms. The number of hydrogen-bond acceptors (Lipinski definition) is 10. The van der Waals surface area contributed by atoms with Gasteiger partial charge in [-0.1, -0.05) is 26.0 Å². The maximum absolute atomic E-state index is 13.9. The number of methoxy groups -OCH3 is 1. The zero-order chi connectivity index (χ0) is 34.5. The van der Waals surface area contributed by atoms with Gasteiger partial charge in [0.05, 0.1) is 40.7 Å². The maximum Gasteiger partial charge on any atom is 0.315 e. The number of aryl methyl sites for hydroxylation is 1. The van der Waals surface area contributed by atoms with Gasteiger partial charge in [-0.05, 0) is 78.9 Å². The van der Waals surface area contributed by atoms with Crippen LogP contribution in [0.3, 0.4) is 0 Å². The molecule has 0 fully saturated rings. The summed E-state index contributed by atoms with van der Waals surface area (Å²) in [5.74, 6) is 1.09. The second-order valence-corrected chi connectivity index (χ2v) is 11.1. The zero-order valence-electron chi connectivity index (χ0n) is 27.0. The van der Waals surface area contributed by atoms with E-state index in [1.54, 1.807) is 24.3 Å². The number of benzene rings is 4. The van der Waals surface area contributed by atoms with Gasteiger partial charge in [0.1, 0.15) is 12.4 Å². The van der Waals surface area contributed by atoms with Gasteiger partial charge >= 0.3 is 5.69 Å². The first kappa shape index (κ1) is 33.3. The Labute approximate surface area is 275 Å². The van der Waals surface area contributed by atoms with Gasteiger partial charge in [0, 0.05) is 29.3 Å². The maximum atomic E-state index is 13.9. The Kier molecular flexibility index (Phi) is 9.78. The highest BCUT2D eigenvalue weighted by molar-refractivity contribution is 5.84. The van der Waals surface area contributed by atoms with E-state index in [-0.39, 0.29) is 35.3 Å². The van der Waals surface area contributed by atoms with Gasteiger partial charge in [0.25, 0.3) is 11.2 Å². The van der Waals surface area contributed by atoms with E-state index in [1.165, 1.54) is 54.4 Å². The molecular weight excluding hydrogens is 618 g/mol. The fourth-order valence-corrected chi connectivity index (χ4v) is 5.18. The van der Waals surface area contributed by atoms with Crippen LogP contribution in [-0.2, 0) is 6.61 Å². The Morgan fingerprint density at radius 3 is 2.33 bits per heavy atom. The molecular formula is C35H33N5O8. The number of aromatic nitrogens is 2. The molecule has 5 aromatic rings. The fourth-order valence-electron chi connectivity index (χ4n) is 5.18. The molecule has 0 unspecified atom stereocenters. The number of rotatable bonds is 12. The normalized spacial score (nSPS) is 11.3. The van der Waals surface area contributed by atoms with E-state index < -0.39 is 21.1 Å². The first-order chi connectivity index (χ1) is 23.0. The van der Waals surface area contributed by atoms with Crippen molar-refractivity contribution in [3.8, 4) is 28.6 Å². The van der Waals surface area contributed by atoms with Crippen LogP contribution in [0.1, 0.15) is 48.9 Å². The van der Waals surface area contributed by atoms with E-state index in [0.717, 1.165) is 16.9 Å². The van der Waals surface area contributed by atoms with Crippen molar-refractivity contribution in [1.29, 1.82) is 0 Å². The average molecular weight is 652 g/mol. The predicted molar refractivity (Wildman–Crippen MR) is 182 cm³/mol. The Balaban J connectivity index is 1.60. The van der Waals surface area contributed by atoms with Crippen LogP contribution in [-0.4, -0.2) is 39.4 Å². The number of non-ortho nitro benzene ring substituents is 1. The van der Waals surface area contributed by atoms with Crippen LogP contribution < -0.4 is 19.8 Å². The molecule has 0 aliphatic carbocycles. The minimum absolute atomic E-state index is 0.0562. The Morgan fingerprint density at radius 1 is 0.958 bits per heavy atom. The molecule has 246 valence electrons. The van der Waals surface area contributed by atoms with Crippen LogP contribution >= 0.6 is 0 Å². The summed E-state index contributed by atoms with van der Waals surface area (Å²) in [5.41, 5.74) is 2.85. The first-order valence-electron chi connectivity index (χ1n) is 15.1. The largest absolute Gasteiger partial charge is 0.494 e. The second-order valence-electron chi connectivity index (χ2n) is 11.1. The minimum Gasteiger partial charge on any atom is -0.494 e. The minimum atomic E-state index is -0.614. The molecule has 48 heavy (non-hydrogen) atoms. The van der Waals surface area contributed by atoms with E-state index in [1.807, 2.05) is 26.0 Å². The molecule has 0 aliphatic heterocycles. The summed E-state index contributed by atoms with van der Waals surface area (Å²) >= 11 is 0. The Morgan fingerprint density at radius 2 is 1.69 bits per heavy atom. The van der Waals surface area contributed by atoms with E-state index in [0.29, 0.717) is 34.5 Å². The van der Waals surface area contributed by atoms with Crippen LogP contribution in [0.2, 0.25) is 0 Å². The fraction of sp³-hybridized carbons (Fsp3) is 0.229. The molecule has 0 saturated carbocycles. The number of nitro groups is 2. The summed E-state index contributed by atoms with van der Waals surface area (Å²) in [4.78, 5) is 40.7. The van der Waals surface area contributed by atoms with Gasteiger partial charge in [-0.3, -0.25) is 25.0 Å². The topological polar surface area (TPSA) is 161 Å². The van der Waals surface area contributed by atoms with Crippen molar-refractivity contribution in [2.24, 2.45) is 5.10 Å². The van der Waals surface area contributed by atoms with Gasteiger partial charge in [0.15, 0.2) is 11.6 Å². The Hall–Kier alpha value is -6.11. The molecule has 0 amide bonds. The number of ether oxygens (including phenoxy) is 3. The van der Waals surface area contributed by atoms with Crippen molar-refractivity contribution >= 4 is 28.5 Å². The smallest absolute Gasteiger partial charge is 0.315 e. The molecule has 5 rings (SSSR count). The standard InChI is InChI=1S/C35H33N5O8/c1-6-47-31-15-22(4)28(18-27(31)21(2)3)34-37-29-10-8-7-9-26(29)35(41)38(34)36-19-24-16-30(40(44)45)33(32(17-24)46-5)48-20-23-11-13-25(14-12-23)39(42)43/h7-19,21H,6,20H2,1-5H3. The zero-order valence-corrected chi connectivity index (χ0v) is 27.0. The molecule has 0 radical (unpaired) electrons. The van der Waals surface area contributed by atoms with E-state index in [4.69, 9.17) is 19.2 Å². The molecule has 13 heteroatoms. The van der Waals surface area contributed by atoms with E-state index in [9.17, 15) is 25.0 Å². The first-order valence-corrected chi connectivity index (χ1v) is 15.1. The third kappa shape index (κ3) is 6.84. The number of nitrogens with zero attached hydrogens (tertiary/aromatic N) is 5. The highest BCUT2D eigenvalue weighted by atomic mass is 16.6. The molecule has 0 atom stereocenters. The quantitative estimate of drug-likeness (QED) is 0.0773. The van der Waals surface area contributed by atoms with E-state index in [2.05, 4.69) is 18.9 Å². The second kappa shape index (κ2) is 14.1. The average Bonchev–Trinajstić information content (AvgIpc) is 3.07. The van der Waals surface area contributed by atoms with Crippen molar-refractivity contribution in [1.82, 2.24) is 9.66 Å². The molecule has 1 heterocycles. The lowest BCUT2D eigenvalue weighted by Gasteiger charge is -2.18. The number of fused-ring (bicyclic) bond motifs is 1. The van der Waals surface area contributed by atoms with Crippen LogP contribution in [0.4, 0.5) is 11.4 Å². The predicted octanol–water partition coefficient (Wildman–Crippen LogP) is 7.18. The summed E-state index contributed by atoms with van der Waals surface area (Å²) in [6.07, 6.45) is 1.32. The van der Waals surface area contributed by atoms with Gasteiger partial charge in [-0.15, -0.1) is 0 Å². The van der Waals surface area contributed by atoms with Crippen molar-refractivity contribution in [3.63, 3.8) is 0 Å². The summed E-state index contributed by atoms with van der Waals surface area (Å²) < 4.78 is 18.3. The molecule has 4 aromatic carbocycles. The molecule has 1 aromatic heterocycles. The summed E-state index contributed by atoms with van der Waals surface area (Å²) in [5, 5.41) is 28.0. The summed E-state index contributed by atoms with van der Waals surface area (Å²) in [6.45, 7) is 8.32. The van der Waals surface area contributed by atoms with Crippen molar-refractivity contribution < 1.29 is 24.1 Å². The Bertz CT molecular complexity index is 2110. The third-order valence-corrected chi connectivity index (χ3v) is 7.60. The van der Waals surface area contributed by atoms with Gasteiger partial charge in [-0.25, -0.2) is 4.98 Å². The van der Waals surface area contributed by atoms with E-state index >= 15 is 0 Å². The number of hydrogen-bond donors (Lipinski definition) is 0.